The minimum absolute atomic E-state index is 0.0784. The third-order valence-electron chi connectivity index (χ3n) is 4.84. The number of methoxy groups -OCH3 is 1. The number of rotatable bonds is 4. The lowest BCUT2D eigenvalue weighted by atomic mass is 10.1. The predicted octanol–water partition coefficient (Wildman–Crippen LogP) is 3.75. The Hall–Kier alpha value is -2.31. The highest BCUT2D eigenvalue weighted by Crippen LogP contribution is 2.33. The largest absolute Gasteiger partial charge is 0.497 e. The van der Waals surface area contributed by atoms with Gasteiger partial charge in [-0.2, -0.15) is 0 Å². The molecule has 0 saturated carbocycles. The molecule has 7 heteroatoms. The first-order valence-corrected chi connectivity index (χ1v) is 11.1. The molecule has 1 atom stereocenters. The van der Waals surface area contributed by atoms with E-state index in [4.69, 9.17) is 16.3 Å². The number of nitrogens with zero attached hydrogens (tertiary/aromatic N) is 1. The lowest BCUT2D eigenvalue weighted by Crippen LogP contribution is -2.32. The Kier molecular flexibility index (Phi) is 6.42. The van der Waals surface area contributed by atoms with Crippen LogP contribution in [0.1, 0.15) is 22.8 Å². The number of hydrogen-bond acceptors (Lipinski definition) is 4. The number of sulfone groups is 1. The van der Waals surface area contributed by atoms with Crippen LogP contribution in [0, 0.1) is 0 Å². The summed E-state index contributed by atoms with van der Waals surface area (Å²) < 4.78 is 30.6. The second kappa shape index (κ2) is 8.80. The van der Waals surface area contributed by atoms with Crippen molar-refractivity contribution in [3.05, 3.63) is 70.8 Å². The molecule has 0 N–H and O–H groups in total. The quantitative estimate of drug-likeness (QED) is 0.708. The summed E-state index contributed by atoms with van der Waals surface area (Å²) in [6.07, 6.45) is 3.52. The van der Waals surface area contributed by atoms with Gasteiger partial charge >= 0.3 is 0 Å². The van der Waals surface area contributed by atoms with Crippen molar-refractivity contribution in [2.45, 2.75) is 11.7 Å². The number of amides is 1. The van der Waals surface area contributed by atoms with Gasteiger partial charge in [-0.15, -0.1) is 0 Å². The lowest BCUT2D eigenvalue weighted by Gasteiger charge is -2.18. The summed E-state index contributed by atoms with van der Waals surface area (Å²) in [6, 6.07) is 14.3. The van der Waals surface area contributed by atoms with Crippen LogP contribution >= 0.6 is 11.6 Å². The van der Waals surface area contributed by atoms with Gasteiger partial charge in [-0.3, -0.25) is 4.79 Å². The van der Waals surface area contributed by atoms with Crippen LogP contribution in [0.4, 0.5) is 0 Å². The minimum atomic E-state index is -3.39. The second-order valence-electron chi connectivity index (χ2n) is 6.60. The van der Waals surface area contributed by atoms with Crippen LogP contribution in [0.3, 0.4) is 0 Å². The maximum atomic E-state index is 12.7. The fourth-order valence-corrected chi connectivity index (χ4v) is 5.39. The fraction of sp³-hybridized carbons (Fsp3) is 0.286. The Morgan fingerprint density at radius 1 is 1.14 bits per heavy atom. The standard InChI is InChI=1S/C21H22ClNO4S/c1-27-17-9-6-16(7-10-17)8-11-21(24)23-13-12-20(28(25,26)15-14-23)18-4-2-3-5-19(18)22/h2-11,20H,12-15H2,1H3/b11-8+/t20-/m0/s1. The van der Waals surface area contributed by atoms with E-state index in [9.17, 15) is 13.2 Å². The normalized spacial score (nSPS) is 19.4. The van der Waals surface area contributed by atoms with Crippen LogP contribution in [-0.4, -0.2) is 45.2 Å². The van der Waals surface area contributed by atoms with Gasteiger partial charge in [0, 0.05) is 24.2 Å². The van der Waals surface area contributed by atoms with Crippen LogP contribution in [0.2, 0.25) is 5.02 Å². The van der Waals surface area contributed by atoms with Crippen molar-refractivity contribution in [3.63, 3.8) is 0 Å². The maximum absolute atomic E-state index is 12.7. The highest BCUT2D eigenvalue weighted by molar-refractivity contribution is 7.91. The molecule has 3 rings (SSSR count). The van der Waals surface area contributed by atoms with E-state index < -0.39 is 15.1 Å². The molecule has 1 fully saturated rings. The zero-order valence-corrected chi connectivity index (χ0v) is 17.1. The monoisotopic (exact) mass is 419 g/mol. The van der Waals surface area contributed by atoms with E-state index in [0.717, 1.165) is 11.3 Å². The Morgan fingerprint density at radius 2 is 1.86 bits per heavy atom. The van der Waals surface area contributed by atoms with Crippen molar-refractivity contribution >= 4 is 33.4 Å². The van der Waals surface area contributed by atoms with Crippen molar-refractivity contribution in [2.24, 2.45) is 0 Å². The molecule has 0 radical (unpaired) electrons. The Morgan fingerprint density at radius 3 is 2.54 bits per heavy atom. The van der Waals surface area contributed by atoms with E-state index >= 15 is 0 Å². The maximum Gasteiger partial charge on any atom is 0.246 e. The topological polar surface area (TPSA) is 63.7 Å². The molecule has 0 bridgehead atoms. The number of carbonyl (C=O) groups is 1. The van der Waals surface area contributed by atoms with E-state index in [-0.39, 0.29) is 18.2 Å². The molecule has 0 aromatic heterocycles. The molecule has 2 aromatic rings. The molecule has 28 heavy (non-hydrogen) atoms. The van der Waals surface area contributed by atoms with Crippen molar-refractivity contribution in [1.82, 2.24) is 4.90 Å². The first kappa shape index (κ1) is 20.4. The molecule has 0 spiro atoms. The van der Waals surface area contributed by atoms with E-state index in [1.807, 2.05) is 24.3 Å². The van der Waals surface area contributed by atoms with Crippen LogP contribution in [0.15, 0.2) is 54.6 Å². The van der Waals surface area contributed by atoms with Crippen LogP contribution in [-0.2, 0) is 14.6 Å². The number of benzene rings is 2. The van der Waals surface area contributed by atoms with Crippen molar-refractivity contribution in [1.29, 1.82) is 0 Å². The van der Waals surface area contributed by atoms with Crippen LogP contribution in [0.25, 0.3) is 6.08 Å². The average molecular weight is 420 g/mol. The van der Waals surface area contributed by atoms with Crippen LogP contribution < -0.4 is 4.74 Å². The minimum Gasteiger partial charge on any atom is -0.497 e. The average Bonchev–Trinajstić information content (AvgIpc) is 2.85. The molecular weight excluding hydrogens is 398 g/mol. The number of hydrogen-bond donors (Lipinski definition) is 0. The van der Waals surface area contributed by atoms with Gasteiger partial charge in [0.05, 0.1) is 18.1 Å². The van der Waals surface area contributed by atoms with E-state index in [1.165, 1.54) is 6.08 Å². The number of ether oxygens (including phenoxy) is 1. The first-order valence-electron chi connectivity index (χ1n) is 8.98. The molecule has 1 heterocycles. The summed E-state index contributed by atoms with van der Waals surface area (Å²) in [5.41, 5.74) is 1.47. The van der Waals surface area contributed by atoms with E-state index in [1.54, 1.807) is 42.4 Å². The molecule has 0 aliphatic carbocycles. The summed E-state index contributed by atoms with van der Waals surface area (Å²) in [5.74, 6) is 0.461. The van der Waals surface area contributed by atoms with Gasteiger partial charge in [-0.1, -0.05) is 41.9 Å². The molecule has 1 amide bonds. The van der Waals surface area contributed by atoms with Gasteiger partial charge in [0.15, 0.2) is 9.84 Å². The smallest absolute Gasteiger partial charge is 0.246 e. The summed E-state index contributed by atoms with van der Waals surface area (Å²) in [7, 11) is -1.80. The predicted molar refractivity (Wildman–Crippen MR) is 111 cm³/mol. The van der Waals surface area contributed by atoms with Crippen molar-refractivity contribution < 1.29 is 17.9 Å². The summed E-state index contributed by atoms with van der Waals surface area (Å²) in [5, 5.41) is -0.250. The molecule has 1 saturated heterocycles. The van der Waals surface area contributed by atoms with Crippen molar-refractivity contribution in [3.8, 4) is 5.75 Å². The Labute approximate surface area is 170 Å². The highest BCUT2D eigenvalue weighted by Gasteiger charge is 2.33. The molecule has 148 valence electrons. The highest BCUT2D eigenvalue weighted by atomic mass is 35.5. The zero-order chi connectivity index (χ0) is 20.1. The van der Waals surface area contributed by atoms with Gasteiger partial charge in [0.1, 0.15) is 5.75 Å². The molecule has 5 nitrogen and oxygen atoms in total. The molecule has 0 unspecified atom stereocenters. The van der Waals surface area contributed by atoms with Gasteiger partial charge in [0.2, 0.25) is 5.91 Å². The zero-order valence-electron chi connectivity index (χ0n) is 15.5. The Balaban J connectivity index is 1.72. The van der Waals surface area contributed by atoms with Gasteiger partial charge < -0.3 is 9.64 Å². The molecule has 1 aliphatic heterocycles. The third-order valence-corrected chi connectivity index (χ3v) is 7.29. The van der Waals surface area contributed by atoms with Gasteiger partial charge in [0.25, 0.3) is 0 Å². The second-order valence-corrected chi connectivity index (χ2v) is 9.31. The fourth-order valence-electron chi connectivity index (χ4n) is 3.24. The van der Waals surface area contributed by atoms with Crippen molar-refractivity contribution in [2.75, 3.05) is 26.0 Å². The van der Waals surface area contributed by atoms with Gasteiger partial charge in [-0.05, 0) is 41.8 Å². The third kappa shape index (κ3) is 4.75. The first-order chi connectivity index (χ1) is 13.4. The SMILES string of the molecule is COc1ccc(/C=C/C(=O)N2CC[C@@H](c3ccccc3Cl)S(=O)(=O)CC2)cc1. The van der Waals surface area contributed by atoms with Crippen LogP contribution in [0.5, 0.6) is 5.75 Å². The summed E-state index contributed by atoms with van der Waals surface area (Å²) in [4.78, 5) is 14.1. The lowest BCUT2D eigenvalue weighted by molar-refractivity contribution is -0.125. The molecular formula is C21H22ClNO4S. The van der Waals surface area contributed by atoms with E-state index in [0.29, 0.717) is 23.6 Å². The number of carbonyl (C=O) groups excluding carboxylic acids is 1. The van der Waals surface area contributed by atoms with E-state index in [2.05, 4.69) is 0 Å². The summed E-state index contributed by atoms with van der Waals surface area (Å²) in [6.45, 7) is 0.538. The molecule has 1 aliphatic rings. The summed E-state index contributed by atoms with van der Waals surface area (Å²) >= 11 is 6.21. The van der Waals surface area contributed by atoms with Gasteiger partial charge in [-0.25, -0.2) is 8.42 Å². The molecule has 2 aromatic carbocycles. The Bertz CT molecular complexity index is 970. The number of halogens is 1.